The van der Waals surface area contributed by atoms with Crippen LogP contribution < -0.4 is 10.1 Å². The van der Waals surface area contributed by atoms with Crippen molar-refractivity contribution in [3.63, 3.8) is 0 Å². The zero-order valence-electron chi connectivity index (χ0n) is 15.8. The molecule has 140 valence electrons. The molecule has 2 N–H and O–H groups in total. The number of carbonyl (C=O) groups is 1. The molecule has 1 fully saturated rings. The number of hydrogen-bond donors (Lipinski definition) is 2. The van der Waals surface area contributed by atoms with E-state index in [-0.39, 0.29) is 29.5 Å². The molecule has 6 nitrogen and oxygen atoms in total. The van der Waals surface area contributed by atoms with Gasteiger partial charge in [0.25, 0.3) is 5.91 Å². The van der Waals surface area contributed by atoms with Gasteiger partial charge in [-0.15, -0.1) is 0 Å². The van der Waals surface area contributed by atoms with Crippen molar-refractivity contribution in [3.8, 4) is 5.88 Å². The second kappa shape index (κ2) is 7.11. The van der Waals surface area contributed by atoms with Crippen molar-refractivity contribution in [1.82, 2.24) is 14.9 Å². The number of carbonyl (C=O) groups excluding carboxylic acids is 1. The van der Waals surface area contributed by atoms with E-state index < -0.39 is 0 Å². The van der Waals surface area contributed by atoms with Crippen molar-refractivity contribution in [2.45, 2.75) is 51.3 Å². The molecule has 3 rings (SSSR count). The molecule has 2 heterocycles. The van der Waals surface area contributed by atoms with Crippen LogP contribution in [0.2, 0.25) is 0 Å². The molecule has 1 aliphatic carbocycles. The Hall–Kier alpha value is -2.34. The number of aliphatic hydroxyl groups is 1. The minimum atomic E-state index is -0.285. The molecule has 0 spiro atoms. The molecule has 2 aromatic heterocycles. The molecule has 1 saturated carbocycles. The van der Waals surface area contributed by atoms with Crippen LogP contribution in [0.15, 0.2) is 36.8 Å². The SMILES string of the molecule is COc1ccc([C@H](NC(=O)c2ccn(C(C)(C)C)c2)C2CC(O)C2)cn1. The summed E-state index contributed by atoms with van der Waals surface area (Å²) in [6, 6.07) is 5.36. The maximum atomic E-state index is 12.8. The molecular formula is C20H27N3O3. The van der Waals surface area contributed by atoms with Crippen LogP contribution in [-0.4, -0.2) is 33.8 Å². The highest BCUT2D eigenvalue weighted by molar-refractivity contribution is 5.94. The Kier molecular flexibility index (Phi) is 5.05. The van der Waals surface area contributed by atoms with Crippen molar-refractivity contribution in [1.29, 1.82) is 0 Å². The van der Waals surface area contributed by atoms with Crippen LogP contribution >= 0.6 is 0 Å². The summed E-state index contributed by atoms with van der Waals surface area (Å²) < 4.78 is 7.14. The van der Waals surface area contributed by atoms with Crippen LogP contribution in [0, 0.1) is 5.92 Å². The average Bonchev–Trinajstić information content (AvgIpc) is 3.08. The Labute approximate surface area is 154 Å². The second-order valence-electron chi connectivity index (χ2n) is 7.95. The van der Waals surface area contributed by atoms with Gasteiger partial charge in [-0.05, 0) is 51.2 Å². The summed E-state index contributed by atoms with van der Waals surface area (Å²) in [5.41, 5.74) is 1.48. The van der Waals surface area contributed by atoms with Gasteiger partial charge in [-0.1, -0.05) is 6.07 Å². The van der Waals surface area contributed by atoms with Crippen LogP contribution in [0.5, 0.6) is 5.88 Å². The van der Waals surface area contributed by atoms with Gasteiger partial charge in [0.15, 0.2) is 0 Å². The van der Waals surface area contributed by atoms with Gasteiger partial charge in [0.2, 0.25) is 5.88 Å². The summed E-state index contributed by atoms with van der Waals surface area (Å²) in [5.74, 6) is 0.624. The lowest BCUT2D eigenvalue weighted by Crippen LogP contribution is -2.41. The third kappa shape index (κ3) is 3.90. The molecular weight excluding hydrogens is 330 g/mol. The van der Waals surface area contributed by atoms with E-state index in [4.69, 9.17) is 4.74 Å². The zero-order chi connectivity index (χ0) is 18.9. The van der Waals surface area contributed by atoms with Gasteiger partial charge in [0, 0.05) is 30.2 Å². The van der Waals surface area contributed by atoms with E-state index in [1.54, 1.807) is 19.4 Å². The van der Waals surface area contributed by atoms with E-state index >= 15 is 0 Å². The number of amides is 1. The second-order valence-corrected chi connectivity index (χ2v) is 7.95. The van der Waals surface area contributed by atoms with Gasteiger partial charge in [-0.25, -0.2) is 4.98 Å². The van der Waals surface area contributed by atoms with Crippen LogP contribution in [0.4, 0.5) is 0 Å². The number of pyridine rings is 1. The zero-order valence-corrected chi connectivity index (χ0v) is 15.8. The highest BCUT2D eigenvalue weighted by Gasteiger charge is 2.36. The first-order valence-corrected chi connectivity index (χ1v) is 8.95. The topological polar surface area (TPSA) is 76.4 Å². The normalized spacial score (nSPS) is 21.0. The molecule has 0 bridgehead atoms. The van der Waals surface area contributed by atoms with Crippen molar-refractivity contribution in [3.05, 3.63) is 47.9 Å². The van der Waals surface area contributed by atoms with Crippen LogP contribution in [0.25, 0.3) is 0 Å². The molecule has 2 aromatic rings. The van der Waals surface area contributed by atoms with E-state index in [0.717, 1.165) is 5.56 Å². The van der Waals surface area contributed by atoms with Crippen LogP contribution in [0.1, 0.15) is 55.6 Å². The molecule has 1 atom stereocenters. The Morgan fingerprint density at radius 2 is 2.08 bits per heavy atom. The van der Waals surface area contributed by atoms with Crippen molar-refractivity contribution < 1.29 is 14.6 Å². The van der Waals surface area contributed by atoms with Crippen molar-refractivity contribution >= 4 is 5.91 Å². The quantitative estimate of drug-likeness (QED) is 0.863. The van der Waals surface area contributed by atoms with Gasteiger partial charge in [0.1, 0.15) is 0 Å². The maximum absolute atomic E-state index is 12.8. The fourth-order valence-electron chi connectivity index (χ4n) is 3.24. The Morgan fingerprint density at radius 3 is 2.58 bits per heavy atom. The van der Waals surface area contributed by atoms with E-state index in [1.807, 2.05) is 29.1 Å². The number of aromatic nitrogens is 2. The molecule has 0 saturated heterocycles. The molecule has 6 heteroatoms. The summed E-state index contributed by atoms with van der Waals surface area (Å²) in [5, 5.41) is 12.8. The highest BCUT2D eigenvalue weighted by atomic mass is 16.5. The Bertz CT molecular complexity index is 755. The van der Waals surface area contributed by atoms with Crippen LogP contribution in [-0.2, 0) is 5.54 Å². The number of rotatable bonds is 5. The minimum absolute atomic E-state index is 0.0735. The van der Waals surface area contributed by atoms with E-state index in [0.29, 0.717) is 24.3 Å². The highest BCUT2D eigenvalue weighted by Crippen LogP contribution is 2.38. The first-order valence-electron chi connectivity index (χ1n) is 8.95. The lowest BCUT2D eigenvalue weighted by Gasteiger charge is -2.38. The third-order valence-electron chi connectivity index (χ3n) is 4.96. The number of nitrogens with zero attached hydrogens (tertiary/aromatic N) is 2. The van der Waals surface area contributed by atoms with E-state index in [9.17, 15) is 9.90 Å². The number of aliphatic hydroxyl groups excluding tert-OH is 1. The van der Waals surface area contributed by atoms with Crippen LogP contribution in [0.3, 0.4) is 0 Å². The monoisotopic (exact) mass is 357 g/mol. The molecule has 0 unspecified atom stereocenters. The number of hydrogen-bond acceptors (Lipinski definition) is 4. The third-order valence-corrected chi connectivity index (χ3v) is 4.96. The van der Waals surface area contributed by atoms with Gasteiger partial charge in [-0.3, -0.25) is 4.79 Å². The first kappa shape index (κ1) is 18.5. The summed E-state index contributed by atoms with van der Waals surface area (Å²) in [4.78, 5) is 17.0. The number of nitrogens with one attached hydrogen (secondary N) is 1. The molecule has 1 aliphatic rings. The summed E-state index contributed by atoms with van der Waals surface area (Å²) in [6.07, 6.45) is 6.60. The summed E-state index contributed by atoms with van der Waals surface area (Å²) in [7, 11) is 1.57. The van der Waals surface area contributed by atoms with Crippen molar-refractivity contribution in [2.24, 2.45) is 5.92 Å². The molecule has 1 amide bonds. The molecule has 0 aliphatic heterocycles. The number of ether oxygens (including phenoxy) is 1. The molecule has 0 aromatic carbocycles. The Morgan fingerprint density at radius 1 is 1.35 bits per heavy atom. The predicted molar refractivity (Wildman–Crippen MR) is 99.2 cm³/mol. The van der Waals surface area contributed by atoms with Crippen molar-refractivity contribution in [2.75, 3.05) is 7.11 Å². The smallest absolute Gasteiger partial charge is 0.253 e. The van der Waals surface area contributed by atoms with E-state index in [1.165, 1.54) is 0 Å². The first-order chi connectivity index (χ1) is 12.3. The largest absolute Gasteiger partial charge is 0.481 e. The Balaban J connectivity index is 1.78. The number of methoxy groups -OCH3 is 1. The standard InChI is InChI=1S/C20H27N3O3/c1-20(2,3)23-8-7-14(12-23)19(25)22-18(15-9-16(24)10-15)13-5-6-17(26-4)21-11-13/h5-8,11-12,15-16,18,24H,9-10H2,1-4H3,(H,22,25)/t15?,16?,18-/m0/s1. The lowest BCUT2D eigenvalue weighted by atomic mass is 9.75. The molecule has 26 heavy (non-hydrogen) atoms. The average molecular weight is 357 g/mol. The molecule has 0 radical (unpaired) electrons. The lowest BCUT2D eigenvalue weighted by molar-refractivity contribution is 0.0234. The maximum Gasteiger partial charge on any atom is 0.253 e. The predicted octanol–water partition coefficient (Wildman–Crippen LogP) is 2.89. The van der Waals surface area contributed by atoms with E-state index in [2.05, 4.69) is 31.1 Å². The van der Waals surface area contributed by atoms with Gasteiger partial charge in [-0.2, -0.15) is 0 Å². The van der Waals surface area contributed by atoms with Gasteiger partial charge >= 0.3 is 0 Å². The summed E-state index contributed by atoms with van der Waals surface area (Å²) >= 11 is 0. The fourth-order valence-corrected chi connectivity index (χ4v) is 3.24. The summed E-state index contributed by atoms with van der Waals surface area (Å²) in [6.45, 7) is 6.28. The van der Waals surface area contributed by atoms with Gasteiger partial charge in [0.05, 0.1) is 24.8 Å². The minimum Gasteiger partial charge on any atom is -0.481 e. The van der Waals surface area contributed by atoms with Gasteiger partial charge < -0.3 is 19.7 Å². The fraction of sp³-hybridized carbons (Fsp3) is 0.500.